The van der Waals surface area contributed by atoms with Crippen LogP contribution in [0, 0.1) is 0 Å². The second-order valence-electron chi connectivity index (χ2n) is 11.1. The number of nitrogens with zero attached hydrogens (tertiary/aromatic N) is 4. The summed E-state index contributed by atoms with van der Waals surface area (Å²) >= 11 is 0. The number of aromatic nitrogens is 1. The maximum atomic E-state index is 13.2. The van der Waals surface area contributed by atoms with Gasteiger partial charge in [-0.2, -0.15) is 0 Å². The number of amides is 2. The predicted molar refractivity (Wildman–Crippen MR) is 145 cm³/mol. The first-order valence-corrected chi connectivity index (χ1v) is 13.6. The van der Waals surface area contributed by atoms with Gasteiger partial charge >= 0.3 is 18.0 Å². The molecule has 0 aliphatic rings. The number of likely N-dealkylation sites (N-methyl/N-ethyl adjacent to an activating group) is 1. The van der Waals surface area contributed by atoms with Gasteiger partial charge in [-0.1, -0.05) is 32.6 Å². The number of esters is 1. The van der Waals surface area contributed by atoms with Crippen molar-refractivity contribution in [2.75, 3.05) is 68.5 Å². The molecule has 0 saturated heterocycles. The number of quaternary nitrogens is 2. The number of carbonyl (C=O) groups excluding carboxylic acids is 3. The molecule has 1 aromatic heterocycles. The average Bonchev–Trinajstić information content (AvgIpc) is 2.84. The van der Waals surface area contributed by atoms with E-state index < -0.39 is 6.09 Å². The zero-order chi connectivity index (χ0) is 27.9. The first kappa shape index (κ1) is 32.5. The van der Waals surface area contributed by atoms with Crippen molar-refractivity contribution in [1.82, 2.24) is 9.88 Å². The highest BCUT2D eigenvalue weighted by Crippen LogP contribution is 2.21. The van der Waals surface area contributed by atoms with Gasteiger partial charge in [0.2, 0.25) is 5.69 Å². The third-order valence-electron chi connectivity index (χ3n) is 6.56. The summed E-state index contributed by atoms with van der Waals surface area (Å²) in [5, 5.41) is 0. The van der Waals surface area contributed by atoms with Crippen LogP contribution in [0.3, 0.4) is 0 Å². The molecule has 0 aliphatic carbocycles. The molecule has 0 spiro atoms. The van der Waals surface area contributed by atoms with Crippen molar-refractivity contribution in [2.45, 2.75) is 64.7 Å². The highest BCUT2D eigenvalue weighted by Gasteiger charge is 2.32. The number of hydrogen-bond acceptors (Lipinski definition) is 6. The number of ether oxygens (including phenoxy) is 2. The van der Waals surface area contributed by atoms with E-state index in [-0.39, 0.29) is 27.8 Å². The zero-order valence-corrected chi connectivity index (χ0v) is 24.3. The minimum Gasteiger partial charge on any atom is -0.460 e. The van der Waals surface area contributed by atoms with Crippen LogP contribution in [0.15, 0.2) is 18.3 Å². The van der Waals surface area contributed by atoms with Gasteiger partial charge in [-0.3, -0.25) is 9.28 Å². The first-order chi connectivity index (χ1) is 17.4. The van der Waals surface area contributed by atoms with Crippen molar-refractivity contribution in [3.8, 4) is 5.75 Å². The molecule has 0 aromatic carbocycles. The van der Waals surface area contributed by atoms with Gasteiger partial charge in [0.05, 0.1) is 41.3 Å². The van der Waals surface area contributed by atoms with E-state index in [0.29, 0.717) is 19.6 Å². The third kappa shape index (κ3) is 13.0. The van der Waals surface area contributed by atoms with Gasteiger partial charge in [0.15, 0.2) is 5.75 Å². The van der Waals surface area contributed by atoms with Crippen LogP contribution in [-0.2, 0) is 9.53 Å². The molecular formula is C28H50N4O5+2. The van der Waals surface area contributed by atoms with Crippen LogP contribution in [0.2, 0.25) is 0 Å². The number of pyridine rings is 1. The lowest BCUT2D eigenvalue weighted by Crippen LogP contribution is -2.46. The number of unbranched alkanes of at least 4 members (excludes halogenated alkanes) is 7. The van der Waals surface area contributed by atoms with E-state index in [1.165, 1.54) is 37.0 Å². The lowest BCUT2D eigenvalue weighted by molar-refractivity contribution is -0.890. The fourth-order valence-electron chi connectivity index (χ4n) is 3.94. The SMILES string of the molecule is CCC(=O)OCC[N+](C)(C)CCCCCCCCCC[N+](C)(C)C(=O)c1ncccc1OC(=O)N(C)C. The molecule has 2 amide bonds. The molecule has 0 atom stereocenters. The number of carbonyl (C=O) groups is 3. The van der Waals surface area contributed by atoms with Crippen molar-refractivity contribution in [1.29, 1.82) is 0 Å². The molecule has 9 heteroatoms. The molecule has 210 valence electrons. The quantitative estimate of drug-likeness (QED) is 0.170. The summed E-state index contributed by atoms with van der Waals surface area (Å²) in [5.74, 6) is -0.0918. The molecule has 0 saturated carbocycles. The van der Waals surface area contributed by atoms with Gasteiger partial charge in [0.25, 0.3) is 0 Å². The lowest BCUT2D eigenvalue weighted by Gasteiger charge is -2.29. The van der Waals surface area contributed by atoms with Crippen molar-refractivity contribution < 1.29 is 32.8 Å². The van der Waals surface area contributed by atoms with Gasteiger partial charge in [0.1, 0.15) is 13.2 Å². The molecule has 9 nitrogen and oxygen atoms in total. The molecule has 0 N–H and O–H groups in total. The van der Waals surface area contributed by atoms with Crippen LogP contribution >= 0.6 is 0 Å². The first-order valence-electron chi connectivity index (χ1n) is 13.6. The summed E-state index contributed by atoms with van der Waals surface area (Å²) in [5.41, 5.74) is 0.187. The Labute approximate surface area is 223 Å². The highest BCUT2D eigenvalue weighted by atomic mass is 16.6. The molecule has 1 aromatic rings. The third-order valence-corrected chi connectivity index (χ3v) is 6.56. The topological polar surface area (TPSA) is 85.8 Å². The highest BCUT2D eigenvalue weighted by molar-refractivity contribution is 5.90. The van der Waals surface area contributed by atoms with Crippen LogP contribution in [0.1, 0.15) is 75.2 Å². The summed E-state index contributed by atoms with van der Waals surface area (Å²) in [6.45, 7) is 4.96. The Morgan fingerprint density at radius 3 is 2.00 bits per heavy atom. The van der Waals surface area contributed by atoms with Crippen LogP contribution < -0.4 is 4.74 Å². The summed E-state index contributed by atoms with van der Waals surface area (Å²) in [4.78, 5) is 41.9. The maximum absolute atomic E-state index is 13.2. The predicted octanol–water partition coefficient (Wildman–Crippen LogP) is 4.51. The van der Waals surface area contributed by atoms with Crippen LogP contribution in [0.5, 0.6) is 5.75 Å². The Morgan fingerprint density at radius 1 is 0.865 bits per heavy atom. The Kier molecular flexibility index (Phi) is 14.4. The molecule has 0 unspecified atom stereocenters. The minimum atomic E-state index is -0.537. The Morgan fingerprint density at radius 2 is 1.43 bits per heavy atom. The van der Waals surface area contributed by atoms with E-state index in [0.717, 1.165) is 36.8 Å². The summed E-state index contributed by atoms with van der Waals surface area (Å²) in [7, 11) is 11.3. The van der Waals surface area contributed by atoms with Crippen molar-refractivity contribution in [3.63, 3.8) is 0 Å². The van der Waals surface area contributed by atoms with Crippen molar-refractivity contribution in [2.24, 2.45) is 0 Å². The lowest BCUT2D eigenvalue weighted by atomic mass is 10.1. The van der Waals surface area contributed by atoms with E-state index in [4.69, 9.17) is 9.47 Å². The molecule has 0 fully saturated rings. The molecule has 0 aliphatic heterocycles. The summed E-state index contributed by atoms with van der Waals surface area (Å²) < 4.78 is 11.6. The standard InChI is InChI=1S/C28H50N4O5/c1-8-25(33)36-23-22-31(4,5)20-15-13-11-9-10-12-14-16-21-32(6,7)27(34)26-24(18-17-19-29-26)37-28(35)30(2)3/h17-19H,8-16,20-23H2,1-7H3/q+2. The molecule has 37 heavy (non-hydrogen) atoms. The fourth-order valence-corrected chi connectivity index (χ4v) is 3.94. The van der Waals surface area contributed by atoms with Crippen molar-refractivity contribution in [3.05, 3.63) is 24.0 Å². The van der Waals surface area contributed by atoms with E-state index >= 15 is 0 Å². The van der Waals surface area contributed by atoms with Gasteiger partial charge in [-0.05, 0) is 37.8 Å². The smallest absolute Gasteiger partial charge is 0.414 e. The molecule has 1 heterocycles. The van der Waals surface area contributed by atoms with E-state index in [9.17, 15) is 14.4 Å². The monoisotopic (exact) mass is 522 g/mol. The van der Waals surface area contributed by atoms with Crippen LogP contribution in [-0.4, -0.2) is 105 Å². The second-order valence-corrected chi connectivity index (χ2v) is 11.1. The fraction of sp³-hybridized carbons (Fsp3) is 0.714. The van der Waals surface area contributed by atoms with Gasteiger partial charge < -0.3 is 18.9 Å². The summed E-state index contributed by atoms with van der Waals surface area (Å²) in [6, 6.07) is 3.26. The maximum Gasteiger partial charge on any atom is 0.414 e. The largest absolute Gasteiger partial charge is 0.460 e. The number of rotatable bonds is 17. The van der Waals surface area contributed by atoms with E-state index in [2.05, 4.69) is 19.1 Å². The molecule has 1 rings (SSSR count). The van der Waals surface area contributed by atoms with Gasteiger partial charge in [-0.15, -0.1) is 0 Å². The van der Waals surface area contributed by atoms with Gasteiger partial charge in [0, 0.05) is 26.7 Å². The Hall–Kier alpha value is -2.52. The second kappa shape index (κ2) is 16.3. The van der Waals surface area contributed by atoms with Crippen molar-refractivity contribution >= 4 is 18.0 Å². The molecular weight excluding hydrogens is 472 g/mol. The minimum absolute atomic E-state index is 0.126. The molecule has 0 bridgehead atoms. The van der Waals surface area contributed by atoms with E-state index in [1.54, 1.807) is 32.4 Å². The Balaban J connectivity index is 2.25. The van der Waals surface area contributed by atoms with Crippen LogP contribution in [0.4, 0.5) is 4.79 Å². The molecule has 0 radical (unpaired) electrons. The van der Waals surface area contributed by atoms with E-state index in [1.807, 2.05) is 21.0 Å². The van der Waals surface area contributed by atoms with Gasteiger partial charge in [-0.25, -0.2) is 14.6 Å². The number of hydrogen-bond donors (Lipinski definition) is 0. The Bertz CT molecular complexity index is 855. The normalized spacial score (nSPS) is 11.8. The summed E-state index contributed by atoms with van der Waals surface area (Å²) in [6.07, 6.45) is 10.7. The zero-order valence-electron chi connectivity index (χ0n) is 24.3. The average molecular weight is 523 g/mol. The van der Waals surface area contributed by atoms with Crippen LogP contribution in [0.25, 0.3) is 0 Å².